The maximum atomic E-state index is 10.1. The normalized spacial score (nSPS) is 14.0. The van der Waals surface area contributed by atoms with E-state index >= 15 is 0 Å². The quantitative estimate of drug-likeness (QED) is 0.809. The maximum absolute atomic E-state index is 10.1. The zero-order chi connectivity index (χ0) is 11.8. The number of benzene rings is 2. The third-order valence-electron chi connectivity index (χ3n) is 2.79. The Bertz CT molecular complexity index is 499. The van der Waals surface area contributed by atoms with Crippen molar-refractivity contribution in [1.82, 2.24) is 0 Å². The van der Waals surface area contributed by atoms with E-state index in [1.807, 2.05) is 50.2 Å². The lowest BCUT2D eigenvalue weighted by Gasteiger charge is -2.26. The third kappa shape index (κ3) is 2.08. The molecule has 0 aliphatic rings. The number of aliphatic hydroxyl groups is 1. The number of rotatable bonds is 2. The Morgan fingerprint density at radius 3 is 2.31 bits per heavy atom. The first-order chi connectivity index (χ1) is 7.48. The first kappa shape index (κ1) is 11.1. The first-order valence-electron chi connectivity index (χ1n) is 5.44. The Balaban J connectivity index is 2.47. The first-order valence-corrected chi connectivity index (χ1v) is 5.44. The SMILES string of the molecule is CC(C)(N)C(O)c1ccc2ccccc2c1. The molecule has 0 aliphatic carbocycles. The van der Waals surface area contributed by atoms with Crippen LogP contribution in [-0.4, -0.2) is 10.6 Å². The topological polar surface area (TPSA) is 46.2 Å². The zero-order valence-electron chi connectivity index (χ0n) is 9.64. The molecular formula is C14H17NO. The van der Waals surface area contributed by atoms with Crippen LogP contribution in [0.3, 0.4) is 0 Å². The summed E-state index contributed by atoms with van der Waals surface area (Å²) in [5, 5.41) is 12.4. The van der Waals surface area contributed by atoms with Gasteiger partial charge in [-0.1, -0.05) is 36.4 Å². The lowest BCUT2D eigenvalue weighted by molar-refractivity contribution is 0.105. The summed E-state index contributed by atoms with van der Waals surface area (Å²) >= 11 is 0. The summed E-state index contributed by atoms with van der Waals surface area (Å²) in [5.74, 6) is 0. The molecule has 2 nitrogen and oxygen atoms in total. The molecule has 0 saturated carbocycles. The molecule has 2 aromatic carbocycles. The lowest BCUT2D eigenvalue weighted by atomic mass is 9.91. The van der Waals surface area contributed by atoms with Gasteiger partial charge in [-0.25, -0.2) is 0 Å². The summed E-state index contributed by atoms with van der Waals surface area (Å²) in [5.41, 5.74) is 6.15. The van der Waals surface area contributed by atoms with Gasteiger partial charge in [-0.2, -0.15) is 0 Å². The van der Waals surface area contributed by atoms with Gasteiger partial charge < -0.3 is 10.8 Å². The largest absolute Gasteiger partial charge is 0.387 e. The summed E-state index contributed by atoms with van der Waals surface area (Å²) in [6, 6.07) is 14.0. The van der Waals surface area contributed by atoms with Crippen LogP contribution in [0.5, 0.6) is 0 Å². The van der Waals surface area contributed by atoms with Crippen LogP contribution in [0.1, 0.15) is 25.5 Å². The predicted octanol–water partition coefficient (Wildman–Crippen LogP) is 2.61. The average molecular weight is 215 g/mol. The van der Waals surface area contributed by atoms with Crippen molar-refractivity contribution in [2.24, 2.45) is 5.73 Å². The van der Waals surface area contributed by atoms with E-state index in [0.29, 0.717) is 0 Å². The number of hydrogen-bond acceptors (Lipinski definition) is 2. The summed E-state index contributed by atoms with van der Waals surface area (Å²) in [4.78, 5) is 0. The van der Waals surface area contributed by atoms with E-state index in [0.717, 1.165) is 10.9 Å². The van der Waals surface area contributed by atoms with Crippen molar-refractivity contribution in [3.05, 3.63) is 48.0 Å². The molecule has 1 unspecified atom stereocenters. The van der Waals surface area contributed by atoms with Crippen LogP contribution in [0.25, 0.3) is 10.8 Å². The van der Waals surface area contributed by atoms with E-state index in [9.17, 15) is 5.11 Å². The molecule has 3 N–H and O–H groups in total. The molecule has 0 saturated heterocycles. The summed E-state index contributed by atoms with van der Waals surface area (Å²) in [6.45, 7) is 3.65. The van der Waals surface area contributed by atoms with Crippen LogP contribution >= 0.6 is 0 Å². The van der Waals surface area contributed by atoms with Gasteiger partial charge in [0.05, 0.1) is 6.10 Å². The summed E-state index contributed by atoms with van der Waals surface area (Å²) < 4.78 is 0. The fraction of sp³-hybridized carbons (Fsp3) is 0.286. The van der Waals surface area contributed by atoms with Gasteiger partial charge in [-0.3, -0.25) is 0 Å². The highest BCUT2D eigenvalue weighted by molar-refractivity contribution is 5.83. The molecule has 1 atom stereocenters. The van der Waals surface area contributed by atoms with Crippen molar-refractivity contribution in [2.75, 3.05) is 0 Å². The highest BCUT2D eigenvalue weighted by atomic mass is 16.3. The van der Waals surface area contributed by atoms with Gasteiger partial charge in [-0.05, 0) is 36.2 Å². The van der Waals surface area contributed by atoms with Crippen molar-refractivity contribution in [1.29, 1.82) is 0 Å². The van der Waals surface area contributed by atoms with Gasteiger partial charge in [0.2, 0.25) is 0 Å². The van der Waals surface area contributed by atoms with E-state index in [-0.39, 0.29) is 0 Å². The van der Waals surface area contributed by atoms with Crippen molar-refractivity contribution < 1.29 is 5.11 Å². The Hall–Kier alpha value is -1.38. The van der Waals surface area contributed by atoms with Crippen LogP contribution in [-0.2, 0) is 0 Å². The van der Waals surface area contributed by atoms with Crippen molar-refractivity contribution in [3.63, 3.8) is 0 Å². The second kappa shape index (κ2) is 3.89. The Morgan fingerprint density at radius 1 is 1.06 bits per heavy atom. The molecule has 16 heavy (non-hydrogen) atoms. The summed E-state index contributed by atoms with van der Waals surface area (Å²) in [7, 11) is 0. The zero-order valence-corrected chi connectivity index (χ0v) is 9.64. The second-order valence-corrected chi connectivity index (χ2v) is 4.83. The minimum Gasteiger partial charge on any atom is -0.387 e. The fourth-order valence-electron chi connectivity index (χ4n) is 1.81. The monoisotopic (exact) mass is 215 g/mol. The number of nitrogens with two attached hydrogens (primary N) is 1. The highest BCUT2D eigenvalue weighted by Crippen LogP contribution is 2.26. The smallest absolute Gasteiger partial charge is 0.0964 e. The second-order valence-electron chi connectivity index (χ2n) is 4.83. The molecule has 0 aliphatic heterocycles. The van der Waals surface area contributed by atoms with E-state index < -0.39 is 11.6 Å². The van der Waals surface area contributed by atoms with Crippen LogP contribution in [0.15, 0.2) is 42.5 Å². The van der Waals surface area contributed by atoms with Crippen molar-refractivity contribution in [3.8, 4) is 0 Å². The molecule has 0 fully saturated rings. The third-order valence-corrected chi connectivity index (χ3v) is 2.79. The lowest BCUT2D eigenvalue weighted by Crippen LogP contribution is -2.39. The molecule has 0 aromatic heterocycles. The standard InChI is InChI=1S/C14H17NO/c1-14(2,15)13(16)12-8-7-10-5-3-4-6-11(10)9-12/h3-9,13,16H,15H2,1-2H3. The van der Waals surface area contributed by atoms with Crippen molar-refractivity contribution >= 4 is 10.8 Å². The van der Waals surface area contributed by atoms with Crippen LogP contribution < -0.4 is 5.73 Å². The van der Waals surface area contributed by atoms with Gasteiger partial charge in [-0.15, -0.1) is 0 Å². The number of hydrogen-bond donors (Lipinski definition) is 2. The molecule has 2 aromatic rings. The summed E-state index contributed by atoms with van der Waals surface area (Å²) in [6.07, 6.45) is -0.642. The molecule has 0 radical (unpaired) electrons. The molecular weight excluding hydrogens is 198 g/mol. The van der Waals surface area contributed by atoms with E-state index in [4.69, 9.17) is 5.73 Å². The van der Waals surface area contributed by atoms with Gasteiger partial charge in [0.25, 0.3) is 0 Å². The van der Waals surface area contributed by atoms with Crippen LogP contribution in [0.2, 0.25) is 0 Å². The Labute approximate surface area is 95.7 Å². The van der Waals surface area contributed by atoms with E-state index in [1.54, 1.807) is 0 Å². The molecule has 0 amide bonds. The van der Waals surface area contributed by atoms with E-state index in [1.165, 1.54) is 5.39 Å². The average Bonchev–Trinajstić information content (AvgIpc) is 2.26. The maximum Gasteiger partial charge on any atom is 0.0964 e. The molecule has 84 valence electrons. The molecule has 2 rings (SSSR count). The molecule has 0 heterocycles. The van der Waals surface area contributed by atoms with Crippen LogP contribution in [0, 0.1) is 0 Å². The molecule has 0 spiro atoms. The number of aliphatic hydroxyl groups excluding tert-OH is 1. The van der Waals surface area contributed by atoms with Crippen LogP contribution in [0.4, 0.5) is 0 Å². The highest BCUT2D eigenvalue weighted by Gasteiger charge is 2.24. The predicted molar refractivity (Wildman–Crippen MR) is 67.2 cm³/mol. The molecule has 2 heteroatoms. The fourth-order valence-corrected chi connectivity index (χ4v) is 1.81. The minimum atomic E-state index is -0.642. The molecule has 0 bridgehead atoms. The van der Waals surface area contributed by atoms with E-state index in [2.05, 4.69) is 6.07 Å². The minimum absolute atomic E-state index is 0.623. The van der Waals surface area contributed by atoms with Gasteiger partial charge >= 0.3 is 0 Å². The Kier molecular flexibility index (Phi) is 2.70. The van der Waals surface area contributed by atoms with Gasteiger partial charge in [0.1, 0.15) is 0 Å². The van der Waals surface area contributed by atoms with Gasteiger partial charge in [0, 0.05) is 5.54 Å². The Morgan fingerprint density at radius 2 is 1.69 bits per heavy atom. The van der Waals surface area contributed by atoms with Crippen molar-refractivity contribution in [2.45, 2.75) is 25.5 Å². The van der Waals surface area contributed by atoms with Gasteiger partial charge in [0.15, 0.2) is 0 Å². The number of fused-ring (bicyclic) bond motifs is 1.